The minimum absolute atomic E-state index is 0. The summed E-state index contributed by atoms with van der Waals surface area (Å²) in [4.78, 5) is 2.67. The largest absolute Gasteiger partial charge is 0.316 e. The molecule has 118 valence electrons. The fourth-order valence-corrected chi connectivity index (χ4v) is 3.72. The van der Waals surface area contributed by atoms with Gasteiger partial charge in [-0.05, 0) is 54.8 Å². The molecule has 21 heavy (non-hydrogen) atoms. The Kier molecular flexibility index (Phi) is 5.70. The van der Waals surface area contributed by atoms with Gasteiger partial charge in [0.15, 0.2) is 0 Å². The number of hydrogen-bond acceptors (Lipinski definition) is 2. The van der Waals surface area contributed by atoms with E-state index in [1.54, 1.807) is 0 Å². The Balaban J connectivity index is 0.00000161. The molecule has 0 bridgehead atoms. The third-order valence-corrected chi connectivity index (χ3v) is 5.21. The Labute approximate surface area is 135 Å². The van der Waals surface area contributed by atoms with Gasteiger partial charge in [0.05, 0.1) is 0 Å². The van der Waals surface area contributed by atoms with Crippen molar-refractivity contribution < 1.29 is 0 Å². The zero-order valence-corrected chi connectivity index (χ0v) is 14.2. The predicted octanol–water partition coefficient (Wildman–Crippen LogP) is 3.46. The molecule has 2 heterocycles. The smallest absolute Gasteiger partial charge is 0.00512 e. The Morgan fingerprint density at radius 2 is 1.95 bits per heavy atom. The molecule has 1 N–H and O–H groups in total. The van der Waals surface area contributed by atoms with Crippen molar-refractivity contribution >= 4 is 12.4 Å². The van der Waals surface area contributed by atoms with E-state index in [0.717, 1.165) is 0 Å². The van der Waals surface area contributed by atoms with Gasteiger partial charge in [-0.25, -0.2) is 0 Å². The molecule has 2 fully saturated rings. The fraction of sp³-hybridized carbons (Fsp3) is 0.667. The van der Waals surface area contributed by atoms with Gasteiger partial charge in [-0.3, -0.25) is 0 Å². The number of likely N-dealkylation sites (tertiary alicyclic amines) is 1. The summed E-state index contributed by atoms with van der Waals surface area (Å²) >= 11 is 0. The maximum Gasteiger partial charge on any atom is 0.00512 e. The molecule has 2 aliphatic heterocycles. The van der Waals surface area contributed by atoms with Gasteiger partial charge in [0.25, 0.3) is 0 Å². The molecule has 1 aromatic rings. The molecule has 1 unspecified atom stereocenters. The summed E-state index contributed by atoms with van der Waals surface area (Å²) in [5, 5.41) is 3.54. The third-order valence-electron chi connectivity index (χ3n) is 5.21. The van der Waals surface area contributed by atoms with Crippen molar-refractivity contribution in [2.24, 2.45) is 5.41 Å². The van der Waals surface area contributed by atoms with E-state index >= 15 is 0 Å². The summed E-state index contributed by atoms with van der Waals surface area (Å²) in [6.07, 6.45) is 3.97. The summed E-state index contributed by atoms with van der Waals surface area (Å²) < 4.78 is 0. The second-order valence-corrected chi connectivity index (χ2v) is 7.10. The van der Waals surface area contributed by atoms with E-state index in [-0.39, 0.29) is 12.4 Å². The van der Waals surface area contributed by atoms with Crippen LogP contribution in [0.1, 0.15) is 43.7 Å². The highest BCUT2D eigenvalue weighted by Gasteiger charge is 2.39. The third kappa shape index (κ3) is 4.00. The molecule has 0 aromatic heterocycles. The van der Waals surface area contributed by atoms with Crippen LogP contribution < -0.4 is 5.32 Å². The lowest BCUT2D eigenvalue weighted by Crippen LogP contribution is -2.30. The Morgan fingerprint density at radius 3 is 2.57 bits per heavy atom. The first-order valence-electron chi connectivity index (χ1n) is 8.19. The van der Waals surface area contributed by atoms with Crippen molar-refractivity contribution in [3.63, 3.8) is 0 Å². The number of nitrogens with zero attached hydrogens (tertiary/aromatic N) is 1. The van der Waals surface area contributed by atoms with Gasteiger partial charge in [-0.1, -0.05) is 38.1 Å². The minimum atomic E-state index is 0. The maximum absolute atomic E-state index is 3.54. The van der Waals surface area contributed by atoms with Gasteiger partial charge < -0.3 is 10.2 Å². The fourth-order valence-electron chi connectivity index (χ4n) is 3.72. The van der Waals surface area contributed by atoms with Crippen molar-refractivity contribution in [3.05, 3.63) is 35.4 Å². The molecule has 0 radical (unpaired) electrons. The molecule has 1 spiro atoms. The molecule has 2 nitrogen and oxygen atoms in total. The van der Waals surface area contributed by atoms with Gasteiger partial charge >= 0.3 is 0 Å². The van der Waals surface area contributed by atoms with E-state index in [2.05, 4.69) is 48.3 Å². The molecule has 0 saturated carbocycles. The van der Waals surface area contributed by atoms with Crippen LogP contribution in [0.4, 0.5) is 0 Å². The average molecular weight is 309 g/mol. The lowest BCUT2D eigenvalue weighted by molar-refractivity contribution is 0.277. The molecule has 0 aliphatic carbocycles. The molecule has 0 amide bonds. The highest BCUT2D eigenvalue weighted by molar-refractivity contribution is 5.85. The summed E-state index contributed by atoms with van der Waals surface area (Å²) in [6.45, 7) is 10.8. The van der Waals surface area contributed by atoms with Crippen LogP contribution in [-0.2, 0) is 6.42 Å². The van der Waals surface area contributed by atoms with Crippen LogP contribution in [-0.4, -0.2) is 37.6 Å². The highest BCUT2D eigenvalue weighted by atomic mass is 35.5. The number of rotatable bonds is 4. The Bertz CT molecular complexity index is 435. The molecule has 2 aliphatic rings. The average Bonchev–Trinajstić information content (AvgIpc) is 3.08. The lowest BCUT2D eigenvalue weighted by atomic mass is 9.86. The van der Waals surface area contributed by atoms with Crippen LogP contribution >= 0.6 is 12.4 Å². The second kappa shape index (κ2) is 7.13. The quantitative estimate of drug-likeness (QED) is 0.916. The van der Waals surface area contributed by atoms with Crippen molar-refractivity contribution in [1.82, 2.24) is 10.2 Å². The van der Waals surface area contributed by atoms with Crippen LogP contribution in [0.5, 0.6) is 0 Å². The zero-order valence-electron chi connectivity index (χ0n) is 13.4. The van der Waals surface area contributed by atoms with Gasteiger partial charge in [0, 0.05) is 19.6 Å². The minimum Gasteiger partial charge on any atom is -0.316 e. The van der Waals surface area contributed by atoms with Gasteiger partial charge in [0.1, 0.15) is 0 Å². The number of nitrogens with one attached hydrogen (secondary N) is 1. The summed E-state index contributed by atoms with van der Waals surface area (Å²) in [6, 6.07) is 9.23. The highest BCUT2D eigenvalue weighted by Crippen LogP contribution is 2.35. The van der Waals surface area contributed by atoms with Crippen LogP contribution in [0, 0.1) is 5.41 Å². The van der Waals surface area contributed by atoms with E-state index < -0.39 is 0 Å². The topological polar surface area (TPSA) is 15.3 Å². The summed E-state index contributed by atoms with van der Waals surface area (Å²) in [5.41, 5.74) is 3.55. The molecule has 3 rings (SSSR count). The van der Waals surface area contributed by atoms with E-state index in [1.165, 1.54) is 63.1 Å². The van der Waals surface area contributed by atoms with E-state index in [9.17, 15) is 0 Å². The summed E-state index contributed by atoms with van der Waals surface area (Å²) in [7, 11) is 0. The Morgan fingerprint density at radius 1 is 1.19 bits per heavy atom. The predicted molar refractivity (Wildman–Crippen MR) is 92.5 cm³/mol. The first-order valence-corrected chi connectivity index (χ1v) is 8.19. The zero-order chi connectivity index (χ0) is 14.0. The van der Waals surface area contributed by atoms with Crippen LogP contribution in [0.25, 0.3) is 0 Å². The summed E-state index contributed by atoms with van der Waals surface area (Å²) in [5.74, 6) is 0.636. The van der Waals surface area contributed by atoms with Crippen molar-refractivity contribution in [1.29, 1.82) is 0 Å². The number of benzene rings is 1. The normalized spacial score (nSPS) is 25.7. The van der Waals surface area contributed by atoms with Crippen molar-refractivity contribution in [3.8, 4) is 0 Å². The molecular formula is C18H29ClN2. The van der Waals surface area contributed by atoms with Crippen LogP contribution in [0.15, 0.2) is 24.3 Å². The van der Waals surface area contributed by atoms with E-state index in [4.69, 9.17) is 0 Å². The molecule has 3 heteroatoms. The van der Waals surface area contributed by atoms with E-state index in [0.29, 0.717) is 11.3 Å². The molecule has 1 aromatic carbocycles. The SMILES string of the molecule is CC(C)c1ccc(CCN2CCC3(CCNC3)C2)cc1.Cl. The second-order valence-electron chi connectivity index (χ2n) is 7.10. The van der Waals surface area contributed by atoms with Crippen LogP contribution in [0.3, 0.4) is 0 Å². The van der Waals surface area contributed by atoms with Gasteiger partial charge in [0.2, 0.25) is 0 Å². The first-order chi connectivity index (χ1) is 9.67. The number of hydrogen-bond donors (Lipinski definition) is 1. The maximum atomic E-state index is 3.54. The van der Waals surface area contributed by atoms with Gasteiger partial charge in [-0.2, -0.15) is 0 Å². The molecule has 1 atom stereocenters. The first kappa shape index (κ1) is 16.8. The lowest BCUT2D eigenvalue weighted by Gasteiger charge is -2.22. The number of halogens is 1. The Hall–Kier alpha value is -0.570. The van der Waals surface area contributed by atoms with Crippen molar-refractivity contribution in [2.75, 3.05) is 32.7 Å². The van der Waals surface area contributed by atoms with Gasteiger partial charge in [-0.15, -0.1) is 12.4 Å². The molecular weight excluding hydrogens is 280 g/mol. The standard InChI is InChI=1S/C18H28N2.ClH/c1-15(2)17-5-3-16(4-6-17)7-11-20-12-9-18(14-20)8-10-19-13-18;/h3-6,15,19H,7-14H2,1-2H3;1H. The molecule has 2 saturated heterocycles. The van der Waals surface area contributed by atoms with E-state index in [1.807, 2.05) is 0 Å². The van der Waals surface area contributed by atoms with Crippen molar-refractivity contribution in [2.45, 2.75) is 39.0 Å². The van der Waals surface area contributed by atoms with Crippen LogP contribution in [0.2, 0.25) is 0 Å². The monoisotopic (exact) mass is 308 g/mol.